The van der Waals surface area contributed by atoms with Gasteiger partial charge in [-0.25, -0.2) is 0 Å². The highest BCUT2D eigenvalue weighted by atomic mass is 16.5. The second kappa shape index (κ2) is 4.37. The Morgan fingerprint density at radius 3 is 2.75 bits per heavy atom. The van der Waals surface area contributed by atoms with Gasteiger partial charge in [-0.1, -0.05) is 29.4 Å². The second-order valence-corrected chi connectivity index (χ2v) is 3.81. The Bertz CT molecular complexity index is 477. The molecule has 1 unspecified atom stereocenters. The highest BCUT2D eigenvalue weighted by Crippen LogP contribution is 2.29. The SMILES string of the molecule is CC(O)Cc1ccccc1-c1cnoc1N. The molecule has 3 N–H and O–H groups in total. The maximum atomic E-state index is 9.43. The van der Waals surface area contributed by atoms with E-state index >= 15 is 0 Å². The first-order valence-corrected chi connectivity index (χ1v) is 5.15. The van der Waals surface area contributed by atoms with E-state index in [-0.39, 0.29) is 6.10 Å². The summed E-state index contributed by atoms with van der Waals surface area (Å²) in [6.45, 7) is 1.76. The third kappa shape index (κ3) is 2.06. The largest absolute Gasteiger partial charge is 0.393 e. The van der Waals surface area contributed by atoms with E-state index in [1.165, 1.54) is 0 Å². The van der Waals surface area contributed by atoms with Gasteiger partial charge in [0.15, 0.2) is 0 Å². The summed E-state index contributed by atoms with van der Waals surface area (Å²) >= 11 is 0. The normalized spacial score (nSPS) is 12.6. The molecule has 16 heavy (non-hydrogen) atoms. The van der Waals surface area contributed by atoms with Crippen LogP contribution in [0.3, 0.4) is 0 Å². The van der Waals surface area contributed by atoms with Crippen molar-refractivity contribution in [3.05, 3.63) is 36.0 Å². The molecular formula is C12H14N2O2. The third-order valence-corrected chi connectivity index (χ3v) is 2.42. The van der Waals surface area contributed by atoms with Crippen molar-refractivity contribution in [2.45, 2.75) is 19.4 Å². The Hall–Kier alpha value is -1.81. The van der Waals surface area contributed by atoms with Crippen molar-refractivity contribution in [3.63, 3.8) is 0 Å². The van der Waals surface area contributed by atoms with Crippen LogP contribution in [0.2, 0.25) is 0 Å². The van der Waals surface area contributed by atoms with Gasteiger partial charge in [0.2, 0.25) is 5.88 Å². The molecule has 2 rings (SSSR count). The standard InChI is InChI=1S/C12H14N2O2/c1-8(15)6-9-4-2-3-5-10(9)11-7-14-16-12(11)13/h2-5,7-8,15H,6,13H2,1H3. The number of nitrogens with zero attached hydrogens (tertiary/aromatic N) is 1. The predicted molar refractivity (Wildman–Crippen MR) is 61.7 cm³/mol. The van der Waals surface area contributed by atoms with Crippen LogP contribution in [-0.4, -0.2) is 16.4 Å². The lowest BCUT2D eigenvalue weighted by Gasteiger charge is -2.09. The van der Waals surface area contributed by atoms with Crippen LogP contribution < -0.4 is 5.73 Å². The minimum absolute atomic E-state index is 0.304. The average molecular weight is 218 g/mol. The van der Waals surface area contributed by atoms with Gasteiger partial charge in [0.25, 0.3) is 0 Å². The molecule has 0 saturated carbocycles. The Morgan fingerprint density at radius 1 is 1.38 bits per heavy atom. The second-order valence-electron chi connectivity index (χ2n) is 3.81. The van der Waals surface area contributed by atoms with E-state index in [2.05, 4.69) is 5.16 Å². The van der Waals surface area contributed by atoms with Gasteiger partial charge in [0.1, 0.15) is 0 Å². The minimum Gasteiger partial charge on any atom is -0.393 e. The number of anilines is 1. The fourth-order valence-corrected chi connectivity index (χ4v) is 1.73. The lowest BCUT2D eigenvalue weighted by molar-refractivity contribution is 0.195. The highest BCUT2D eigenvalue weighted by molar-refractivity contribution is 5.74. The lowest BCUT2D eigenvalue weighted by atomic mass is 9.98. The van der Waals surface area contributed by atoms with Gasteiger partial charge in [0, 0.05) is 0 Å². The van der Waals surface area contributed by atoms with Gasteiger partial charge in [-0.2, -0.15) is 0 Å². The molecule has 1 aromatic carbocycles. The summed E-state index contributed by atoms with van der Waals surface area (Å²) in [7, 11) is 0. The van der Waals surface area contributed by atoms with Crippen molar-refractivity contribution in [1.29, 1.82) is 0 Å². The average Bonchev–Trinajstić information content (AvgIpc) is 2.64. The third-order valence-electron chi connectivity index (χ3n) is 2.42. The first-order chi connectivity index (χ1) is 7.68. The van der Waals surface area contributed by atoms with E-state index < -0.39 is 0 Å². The van der Waals surface area contributed by atoms with Crippen molar-refractivity contribution in [3.8, 4) is 11.1 Å². The van der Waals surface area contributed by atoms with Crippen LogP contribution in [0.25, 0.3) is 11.1 Å². The number of rotatable bonds is 3. The van der Waals surface area contributed by atoms with Crippen LogP contribution in [0.5, 0.6) is 0 Å². The smallest absolute Gasteiger partial charge is 0.229 e. The van der Waals surface area contributed by atoms with Crippen molar-refractivity contribution >= 4 is 5.88 Å². The summed E-state index contributed by atoms with van der Waals surface area (Å²) < 4.78 is 4.84. The van der Waals surface area contributed by atoms with Crippen molar-refractivity contribution in [2.24, 2.45) is 0 Å². The molecule has 0 aliphatic heterocycles. The molecule has 1 heterocycles. The van der Waals surface area contributed by atoms with Gasteiger partial charge in [0.05, 0.1) is 17.9 Å². The number of aliphatic hydroxyl groups excluding tert-OH is 1. The molecule has 0 spiro atoms. The number of aromatic nitrogens is 1. The first-order valence-electron chi connectivity index (χ1n) is 5.15. The van der Waals surface area contributed by atoms with Crippen LogP contribution in [0.1, 0.15) is 12.5 Å². The molecule has 0 aliphatic carbocycles. The highest BCUT2D eigenvalue weighted by Gasteiger charge is 2.12. The van der Waals surface area contributed by atoms with Gasteiger partial charge < -0.3 is 15.4 Å². The summed E-state index contributed by atoms with van der Waals surface area (Å²) in [5, 5.41) is 13.1. The quantitative estimate of drug-likeness (QED) is 0.824. The van der Waals surface area contributed by atoms with E-state index in [4.69, 9.17) is 10.3 Å². The molecule has 4 heteroatoms. The van der Waals surface area contributed by atoms with E-state index in [9.17, 15) is 5.11 Å². The fourth-order valence-electron chi connectivity index (χ4n) is 1.73. The Balaban J connectivity index is 2.44. The molecule has 0 saturated heterocycles. The molecule has 0 radical (unpaired) electrons. The lowest BCUT2D eigenvalue weighted by Crippen LogP contribution is -2.05. The number of hydrogen-bond donors (Lipinski definition) is 2. The molecule has 1 aromatic heterocycles. The molecule has 84 valence electrons. The summed E-state index contributed by atoms with van der Waals surface area (Å²) in [6, 6.07) is 7.77. The van der Waals surface area contributed by atoms with Gasteiger partial charge in [-0.15, -0.1) is 0 Å². The maximum absolute atomic E-state index is 9.43. The molecule has 4 nitrogen and oxygen atoms in total. The molecule has 0 bridgehead atoms. The van der Waals surface area contributed by atoms with Gasteiger partial charge in [-0.3, -0.25) is 0 Å². The van der Waals surface area contributed by atoms with Gasteiger partial charge in [-0.05, 0) is 24.5 Å². The van der Waals surface area contributed by atoms with Crippen LogP contribution in [-0.2, 0) is 6.42 Å². The zero-order chi connectivity index (χ0) is 11.5. The Morgan fingerprint density at radius 2 is 2.12 bits per heavy atom. The van der Waals surface area contributed by atoms with E-state index in [1.807, 2.05) is 24.3 Å². The molecule has 1 atom stereocenters. The number of nitrogens with two attached hydrogens (primary N) is 1. The molecule has 0 amide bonds. The number of hydrogen-bond acceptors (Lipinski definition) is 4. The summed E-state index contributed by atoms with van der Waals surface area (Å²) in [5.74, 6) is 0.304. The first kappa shape index (κ1) is 10.7. The van der Waals surface area contributed by atoms with Crippen molar-refractivity contribution < 1.29 is 9.63 Å². The topological polar surface area (TPSA) is 72.3 Å². The molecule has 0 fully saturated rings. The van der Waals surface area contributed by atoms with E-state index in [1.54, 1.807) is 13.1 Å². The molecule has 0 aliphatic rings. The summed E-state index contributed by atoms with van der Waals surface area (Å²) in [4.78, 5) is 0. The monoisotopic (exact) mass is 218 g/mol. The maximum Gasteiger partial charge on any atom is 0.229 e. The number of benzene rings is 1. The van der Waals surface area contributed by atoms with Crippen LogP contribution >= 0.6 is 0 Å². The number of nitrogen functional groups attached to an aromatic ring is 1. The van der Waals surface area contributed by atoms with Crippen molar-refractivity contribution in [2.75, 3.05) is 5.73 Å². The van der Waals surface area contributed by atoms with Crippen LogP contribution in [0.15, 0.2) is 35.0 Å². The van der Waals surface area contributed by atoms with Gasteiger partial charge >= 0.3 is 0 Å². The Kier molecular flexibility index (Phi) is 2.92. The van der Waals surface area contributed by atoms with Crippen LogP contribution in [0.4, 0.5) is 5.88 Å². The predicted octanol–water partition coefficient (Wildman–Crippen LogP) is 1.85. The summed E-state index contributed by atoms with van der Waals surface area (Å²) in [5.41, 5.74) is 8.45. The van der Waals surface area contributed by atoms with E-state index in [0.717, 1.165) is 16.7 Å². The van der Waals surface area contributed by atoms with Crippen molar-refractivity contribution in [1.82, 2.24) is 5.16 Å². The van der Waals surface area contributed by atoms with E-state index in [0.29, 0.717) is 12.3 Å². The number of aliphatic hydroxyl groups is 1. The zero-order valence-electron chi connectivity index (χ0n) is 9.05. The fraction of sp³-hybridized carbons (Fsp3) is 0.250. The summed E-state index contributed by atoms with van der Waals surface area (Å²) in [6.07, 6.45) is 1.79. The minimum atomic E-state index is -0.387. The van der Waals surface area contributed by atoms with Crippen LogP contribution in [0, 0.1) is 0 Å². The zero-order valence-corrected chi connectivity index (χ0v) is 9.05. The Labute approximate surface area is 93.7 Å². The molecular weight excluding hydrogens is 204 g/mol. The molecule has 2 aromatic rings.